The standard InChI is InChI=1S/C11H21N3O5/c1-6(2)9(14-8(16)3-4-12)10(17)13-7(5-15)11(18)19/h6-7,9,15H,3-5,12H2,1-2H3,(H,13,17)(H,14,16)(H,18,19)/t7-,9-/m0/s1. The van der Waals surface area contributed by atoms with E-state index in [1.54, 1.807) is 13.8 Å². The minimum absolute atomic E-state index is 0.0822. The van der Waals surface area contributed by atoms with E-state index in [1.165, 1.54) is 0 Å². The summed E-state index contributed by atoms with van der Waals surface area (Å²) in [7, 11) is 0. The van der Waals surface area contributed by atoms with Crippen LogP contribution in [-0.4, -0.2) is 53.2 Å². The van der Waals surface area contributed by atoms with E-state index < -0.39 is 30.6 Å². The average molecular weight is 275 g/mol. The van der Waals surface area contributed by atoms with Crippen LogP contribution in [0.1, 0.15) is 20.3 Å². The summed E-state index contributed by atoms with van der Waals surface area (Å²) >= 11 is 0. The number of carboxylic acid groups (broad SMARTS) is 1. The maximum Gasteiger partial charge on any atom is 0.328 e. The van der Waals surface area contributed by atoms with E-state index >= 15 is 0 Å². The first kappa shape index (κ1) is 17.3. The first-order valence-corrected chi connectivity index (χ1v) is 5.96. The smallest absolute Gasteiger partial charge is 0.328 e. The van der Waals surface area contributed by atoms with Crippen LogP contribution in [0.3, 0.4) is 0 Å². The number of amides is 2. The first-order chi connectivity index (χ1) is 8.83. The van der Waals surface area contributed by atoms with E-state index in [0.717, 1.165) is 0 Å². The molecule has 0 aromatic heterocycles. The molecule has 6 N–H and O–H groups in total. The number of aliphatic hydroxyl groups is 1. The molecule has 2 atom stereocenters. The Kier molecular flexibility index (Phi) is 7.69. The largest absolute Gasteiger partial charge is 0.480 e. The fourth-order valence-electron chi connectivity index (χ4n) is 1.36. The lowest BCUT2D eigenvalue weighted by Crippen LogP contribution is -2.54. The predicted octanol–water partition coefficient (Wildman–Crippen LogP) is -1.96. The summed E-state index contributed by atoms with van der Waals surface area (Å²) in [6, 6.07) is -2.26. The first-order valence-electron chi connectivity index (χ1n) is 5.96. The molecule has 0 aromatic carbocycles. The van der Waals surface area contributed by atoms with Crippen LogP contribution in [0.25, 0.3) is 0 Å². The second-order valence-corrected chi connectivity index (χ2v) is 4.41. The predicted molar refractivity (Wildman–Crippen MR) is 67.1 cm³/mol. The van der Waals surface area contributed by atoms with Crippen LogP contribution in [0.2, 0.25) is 0 Å². The quantitative estimate of drug-likeness (QED) is 0.348. The molecule has 0 aliphatic rings. The molecule has 0 saturated heterocycles. The summed E-state index contributed by atoms with van der Waals surface area (Å²) < 4.78 is 0. The molecule has 0 saturated carbocycles. The van der Waals surface area contributed by atoms with Crippen LogP contribution in [0, 0.1) is 5.92 Å². The van der Waals surface area contributed by atoms with Gasteiger partial charge in [-0.1, -0.05) is 13.8 Å². The average Bonchev–Trinajstić information content (AvgIpc) is 2.32. The molecular formula is C11H21N3O5. The molecular weight excluding hydrogens is 254 g/mol. The minimum atomic E-state index is -1.39. The monoisotopic (exact) mass is 275 g/mol. The van der Waals surface area contributed by atoms with Crippen molar-refractivity contribution in [1.82, 2.24) is 10.6 Å². The topological polar surface area (TPSA) is 142 Å². The van der Waals surface area contributed by atoms with Gasteiger partial charge >= 0.3 is 5.97 Å². The van der Waals surface area contributed by atoms with E-state index in [1.807, 2.05) is 0 Å². The number of hydrogen-bond donors (Lipinski definition) is 5. The third-order valence-electron chi connectivity index (χ3n) is 2.43. The van der Waals surface area contributed by atoms with E-state index in [9.17, 15) is 14.4 Å². The van der Waals surface area contributed by atoms with Crippen molar-refractivity contribution < 1.29 is 24.6 Å². The Morgan fingerprint density at radius 2 is 1.79 bits per heavy atom. The van der Waals surface area contributed by atoms with Crippen molar-refractivity contribution in [3.63, 3.8) is 0 Å². The summed E-state index contributed by atoms with van der Waals surface area (Å²) in [5.74, 6) is -2.60. The highest BCUT2D eigenvalue weighted by Gasteiger charge is 2.27. The SMILES string of the molecule is CC(C)[C@H](NC(=O)CCN)C(=O)N[C@@H](CO)C(=O)O. The molecule has 0 spiro atoms. The van der Waals surface area contributed by atoms with Crippen molar-refractivity contribution in [2.45, 2.75) is 32.4 Å². The lowest BCUT2D eigenvalue weighted by molar-refractivity contribution is -0.143. The van der Waals surface area contributed by atoms with Gasteiger partial charge in [-0.15, -0.1) is 0 Å². The molecule has 0 rings (SSSR count). The Morgan fingerprint density at radius 1 is 1.21 bits per heavy atom. The van der Waals surface area contributed by atoms with Gasteiger partial charge in [0.2, 0.25) is 11.8 Å². The van der Waals surface area contributed by atoms with E-state index in [0.29, 0.717) is 0 Å². The molecule has 0 heterocycles. The Labute approximate surface area is 111 Å². The van der Waals surface area contributed by atoms with Crippen molar-refractivity contribution in [2.75, 3.05) is 13.2 Å². The number of rotatable bonds is 8. The van der Waals surface area contributed by atoms with E-state index in [4.69, 9.17) is 15.9 Å². The van der Waals surface area contributed by atoms with E-state index in [2.05, 4.69) is 10.6 Å². The van der Waals surface area contributed by atoms with Crippen LogP contribution in [0.15, 0.2) is 0 Å². The van der Waals surface area contributed by atoms with Gasteiger partial charge in [-0.25, -0.2) is 4.79 Å². The van der Waals surface area contributed by atoms with Gasteiger partial charge < -0.3 is 26.6 Å². The molecule has 0 aliphatic heterocycles. The van der Waals surface area contributed by atoms with Crippen molar-refractivity contribution >= 4 is 17.8 Å². The van der Waals surface area contributed by atoms with Gasteiger partial charge in [-0.2, -0.15) is 0 Å². The Hall–Kier alpha value is -1.67. The molecule has 8 nitrogen and oxygen atoms in total. The number of aliphatic hydroxyl groups excluding tert-OH is 1. The second-order valence-electron chi connectivity index (χ2n) is 4.41. The molecule has 0 fully saturated rings. The van der Waals surface area contributed by atoms with Crippen LogP contribution < -0.4 is 16.4 Å². The number of aliphatic carboxylic acids is 1. The molecule has 19 heavy (non-hydrogen) atoms. The molecule has 0 bridgehead atoms. The molecule has 2 amide bonds. The zero-order chi connectivity index (χ0) is 15.0. The Balaban J connectivity index is 4.66. The highest BCUT2D eigenvalue weighted by Crippen LogP contribution is 2.03. The maximum absolute atomic E-state index is 11.9. The minimum Gasteiger partial charge on any atom is -0.480 e. The third-order valence-corrected chi connectivity index (χ3v) is 2.43. The maximum atomic E-state index is 11.9. The van der Waals surface area contributed by atoms with Gasteiger partial charge in [0, 0.05) is 13.0 Å². The van der Waals surface area contributed by atoms with Crippen molar-refractivity contribution in [3.8, 4) is 0 Å². The summed E-state index contributed by atoms with van der Waals surface area (Å²) in [6.07, 6.45) is 0.0822. The lowest BCUT2D eigenvalue weighted by atomic mass is 10.0. The zero-order valence-corrected chi connectivity index (χ0v) is 11.0. The molecule has 0 aromatic rings. The number of nitrogens with two attached hydrogens (primary N) is 1. The zero-order valence-electron chi connectivity index (χ0n) is 11.0. The highest BCUT2D eigenvalue weighted by molar-refractivity contribution is 5.90. The highest BCUT2D eigenvalue weighted by atomic mass is 16.4. The van der Waals surface area contributed by atoms with Crippen molar-refractivity contribution in [1.29, 1.82) is 0 Å². The van der Waals surface area contributed by atoms with Crippen molar-refractivity contribution in [2.24, 2.45) is 11.7 Å². The summed E-state index contributed by atoms with van der Waals surface area (Å²) in [6.45, 7) is 2.86. The number of carbonyl (C=O) groups excluding carboxylic acids is 2. The number of nitrogens with one attached hydrogen (secondary N) is 2. The Morgan fingerprint density at radius 3 is 2.16 bits per heavy atom. The summed E-state index contributed by atoms with van der Waals surface area (Å²) in [4.78, 5) is 34.0. The van der Waals surface area contributed by atoms with Gasteiger partial charge in [-0.05, 0) is 5.92 Å². The fraction of sp³-hybridized carbons (Fsp3) is 0.727. The number of carbonyl (C=O) groups is 3. The molecule has 110 valence electrons. The molecule has 8 heteroatoms. The van der Waals surface area contributed by atoms with E-state index in [-0.39, 0.29) is 24.8 Å². The summed E-state index contributed by atoms with van der Waals surface area (Å²) in [5.41, 5.74) is 5.23. The van der Waals surface area contributed by atoms with Gasteiger partial charge in [0.15, 0.2) is 0 Å². The van der Waals surface area contributed by atoms with Crippen LogP contribution in [0.5, 0.6) is 0 Å². The molecule has 0 aliphatic carbocycles. The number of hydrogen-bond acceptors (Lipinski definition) is 5. The second kappa shape index (κ2) is 8.44. The fourth-order valence-corrected chi connectivity index (χ4v) is 1.36. The Bertz CT molecular complexity index is 332. The molecule has 0 radical (unpaired) electrons. The number of carboxylic acids is 1. The van der Waals surface area contributed by atoms with Gasteiger partial charge in [-0.3, -0.25) is 9.59 Å². The normalized spacial score (nSPS) is 13.7. The lowest BCUT2D eigenvalue weighted by Gasteiger charge is -2.23. The van der Waals surface area contributed by atoms with Gasteiger partial charge in [0.05, 0.1) is 6.61 Å². The molecule has 0 unspecified atom stereocenters. The summed E-state index contributed by atoms with van der Waals surface area (Å²) in [5, 5.41) is 22.2. The van der Waals surface area contributed by atoms with Crippen LogP contribution in [-0.2, 0) is 14.4 Å². The van der Waals surface area contributed by atoms with Crippen LogP contribution in [0.4, 0.5) is 0 Å². The van der Waals surface area contributed by atoms with Gasteiger partial charge in [0.1, 0.15) is 12.1 Å². The third kappa shape index (κ3) is 6.16. The van der Waals surface area contributed by atoms with Crippen molar-refractivity contribution in [3.05, 3.63) is 0 Å². The van der Waals surface area contributed by atoms with Crippen LogP contribution >= 0.6 is 0 Å². The van der Waals surface area contributed by atoms with Gasteiger partial charge in [0.25, 0.3) is 0 Å².